The van der Waals surface area contributed by atoms with E-state index in [0.717, 1.165) is 42.4 Å². The number of nitrogens with zero attached hydrogens (tertiary/aromatic N) is 3. The molecule has 1 aromatic rings. The van der Waals surface area contributed by atoms with Gasteiger partial charge in [0.1, 0.15) is 11.6 Å². The van der Waals surface area contributed by atoms with Crippen LogP contribution in [0.25, 0.3) is 0 Å². The van der Waals surface area contributed by atoms with E-state index in [1.807, 2.05) is 20.0 Å². The summed E-state index contributed by atoms with van der Waals surface area (Å²) >= 11 is 0. The molecule has 0 spiro atoms. The van der Waals surface area contributed by atoms with Crippen LogP contribution in [0.5, 0.6) is 0 Å². The second kappa shape index (κ2) is 6.33. The summed E-state index contributed by atoms with van der Waals surface area (Å²) in [5.41, 5.74) is 1.04. The van der Waals surface area contributed by atoms with Crippen molar-refractivity contribution in [2.24, 2.45) is 5.92 Å². The normalized spacial score (nSPS) is 15.3. The lowest BCUT2D eigenvalue weighted by molar-refractivity contribution is 0.233. The fraction of sp³-hybridized carbons (Fsp3) is 0.733. The quantitative estimate of drug-likeness (QED) is 0.820. The molecule has 1 aliphatic rings. The Morgan fingerprint density at radius 2 is 2.11 bits per heavy atom. The van der Waals surface area contributed by atoms with E-state index in [-0.39, 0.29) is 0 Å². The first-order valence-electron chi connectivity index (χ1n) is 7.35. The third kappa shape index (κ3) is 4.46. The predicted octanol–water partition coefficient (Wildman–Crippen LogP) is 2.84. The van der Waals surface area contributed by atoms with E-state index < -0.39 is 0 Å². The summed E-state index contributed by atoms with van der Waals surface area (Å²) in [5, 5.41) is 3.11. The Labute approximate surface area is 116 Å². The van der Waals surface area contributed by atoms with Gasteiger partial charge in [0.05, 0.1) is 6.54 Å². The third-order valence-electron chi connectivity index (χ3n) is 3.56. The van der Waals surface area contributed by atoms with Gasteiger partial charge in [0.2, 0.25) is 0 Å². The van der Waals surface area contributed by atoms with Crippen LogP contribution in [0.1, 0.15) is 44.6 Å². The third-order valence-corrected chi connectivity index (χ3v) is 3.56. The Bertz CT molecular complexity index is 413. The van der Waals surface area contributed by atoms with Gasteiger partial charge in [-0.05, 0) is 38.6 Å². The molecule has 1 aromatic heterocycles. The zero-order chi connectivity index (χ0) is 13.8. The minimum atomic E-state index is 0.757. The molecule has 0 saturated heterocycles. The van der Waals surface area contributed by atoms with Gasteiger partial charge in [0.25, 0.3) is 0 Å². The minimum absolute atomic E-state index is 0.757. The first-order chi connectivity index (χ1) is 9.08. The highest BCUT2D eigenvalue weighted by Crippen LogP contribution is 2.28. The van der Waals surface area contributed by atoms with Crippen LogP contribution < -0.4 is 5.32 Å². The standard InChI is InChI=1S/C15H26N4/c1-11(2)7-8-19(13-5-6-13)10-15-17-12(3)9-14(16-4)18-15/h9,11,13H,5-8,10H2,1-4H3,(H,16,17,18). The number of hydrogen-bond acceptors (Lipinski definition) is 4. The summed E-state index contributed by atoms with van der Waals surface area (Å²) < 4.78 is 0. The van der Waals surface area contributed by atoms with Crippen molar-refractivity contribution in [3.05, 3.63) is 17.6 Å². The van der Waals surface area contributed by atoms with Gasteiger partial charge >= 0.3 is 0 Å². The molecule has 1 fully saturated rings. The second-order valence-corrected chi connectivity index (χ2v) is 5.94. The van der Waals surface area contributed by atoms with Crippen LogP contribution in [-0.4, -0.2) is 34.5 Å². The monoisotopic (exact) mass is 262 g/mol. The molecule has 0 aliphatic heterocycles. The molecule has 19 heavy (non-hydrogen) atoms. The number of hydrogen-bond donors (Lipinski definition) is 1. The van der Waals surface area contributed by atoms with Gasteiger partial charge in [-0.1, -0.05) is 13.8 Å². The van der Waals surface area contributed by atoms with Gasteiger partial charge in [-0.15, -0.1) is 0 Å². The number of rotatable bonds is 7. The molecule has 4 nitrogen and oxygen atoms in total. The maximum Gasteiger partial charge on any atom is 0.144 e. The van der Waals surface area contributed by atoms with Crippen LogP contribution in [0.3, 0.4) is 0 Å². The van der Waals surface area contributed by atoms with Gasteiger partial charge in [-0.25, -0.2) is 9.97 Å². The zero-order valence-corrected chi connectivity index (χ0v) is 12.6. The van der Waals surface area contributed by atoms with Crippen molar-refractivity contribution in [2.45, 2.75) is 52.6 Å². The summed E-state index contributed by atoms with van der Waals surface area (Å²) in [5.74, 6) is 2.62. The van der Waals surface area contributed by atoms with Gasteiger partial charge in [-0.2, -0.15) is 0 Å². The lowest BCUT2D eigenvalue weighted by Gasteiger charge is -2.22. The van der Waals surface area contributed by atoms with Crippen LogP contribution in [0.2, 0.25) is 0 Å². The van der Waals surface area contributed by atoms with Crippen molar-refractivity contribution < 1.29 is 0 Å². The molecular weight excluding hydrogens is 236 g/mol. The SMILES string of the molecule is CNc1cc(C)nc(CN(CCC(C)C)C2CC2)n1. The maximum atomic E-state index is 4.57. The van der Waals surface area contributed by atoms with Gasteiger partial charge < -0.3 is 5.32 Å². The molecule has 1 aliphatic carbocycles. The lowest BCUT2D eigenvalue weighted by Crippen LogP contribution is -2.28. The van der Waals surface area contributed by atoms with Gasteiger partial charge in [0.15, 0.2) is 0 Å². The van der Waals surface area contributed by atoms with E-state index >= 15 is 0 Å². The Hall–Kier alpha value is -1.16. The van der Waals surface area contributed by atoms with Crippen molar-refractivity contribution >= 4 is 5.82 Å². The molecule has 1 N–H and O–H groups in total. The van der Waals surface area contributed by atoms with E-state index in [2.05, 4.69) is 34.0 Å². The maximum absolute atomic E-state index is 4.57. The summed E-state index contributed by atoms with van der Waals surface area (Å²) in [4.78, 5) is 11.7. The van der Waals surface area contributed by atoms with E-state index in [1.54, 1.807) is 0 Å². The van der Waals surface area contributed by atoms with Crippen LogP contribution in [0.15, 0.2) is 6.07 Å². The van der Waals surface area contributed by atoms with Crippen LogP contribution in [-0.2, 0) is 6.54 Å². The average molecular weight is 262 g/mol. The first-order valence-corrected chi connectivity index (χ1v) is 7.35. The molecule has 0 atom stereocenters. The lowest BCUT2D eigenvalue weighted by atomic mass is 10.1. The highest BCUT2D eigenvalue weighted by Gasteiger charge is 2.29. The second-order valence-electron chi connectivity index (χ2n) is 5.94. The molecule has 4 heteroatoms. The summed E-state index contributed by atoms with van der Waals surface area (Å²) in [7, 11) is 1.91. The van der Waals surface area contributed by atoms with Crippen molar-refractivity contribution in [3.8, 4) is 0 Å². The van der Waals surface area contributed by atoms with Gasteiger partial charge in [0, 0.05) is 24.8 Å². The van der Waals surface area contributed by atoms with E-state index in [4.69, 9.17) is 0 Å². The van der Waals surface area contributed by atoms with E-state index in [0.29, 0.717) is 0 Å². The van der Waals surface area contributed by atoms with Crippen molar-refractivity contribution in [1.82, 2.24) is 14.9 Å². The van der Waals surface area contributed by atoms with E-state index in [1.165, 1.54) is 19.3 Å². The predicted molar refractivity (Wildman–Crippen MR) is 79.2 cm³/mol. The number of aromatic nitrogens is 2. The summed E-state index contributed by atoms with van der Waals surface area (Å²) in [6.07, 6.45) is 3.92. The molecule has 0 amide bonds. The number of anilines is 1. The Morgan fingerprint density at radius 3 is 2.68 bits per heavy atom. The van der Waals surface area contributed by atoms with Crippen molar-refractivity contribution in [2.75, 3.05) is 18.9 Å². The highest BCUT2D eigenvalue weighted by atomic mass is 15.2. The molecule has 106 valence electrons. The molecule has 0 unspecified atom stereocenters. The Balaban J connectivity index is 2.01. The minimum Gasteiger partial charge on any atom is -0.373 e. The molecule has 1 saturated carbocycles. The van der Waals surface area contributed by atoms with Crippen molar-refractivity contribution in [1.29, 1.82) is 0 Å². The average Bonchev–Trinajstić information content (AvgIpc) is 3.17. The topological polar surface area (TPSA) is 41.1 Å². The fourth-order valence-corrected chi connectivity index (χ4v) is 2.26. The Morgan fingerprint density at radius 1 is 1.37 bits per heavy atom. The zero-order valence-electron chi connectivity index (χ0n) is 12.6. The van der Waals surface area contributed by atoms with E-state index in [9.17, 15) is 0 Å². The molecule has 0 bridgehead atoms. The number of nitrogens with one attached hydrogen (secondary N) is 1. The Kier molecular flexibility index (Phi) is 4.75. The summed E-state index contributed by atoms with van der Waals surface area (Å²) in [6.45, 7) is 8.64. The smallest absolute Gasteiger partial charge is 0.144 e. The van der Waals surface area contributed by atoms with Crippen LogP contribution in [0.4, 0.5) is 5.82 Å². The molecule has 2 rings (SSSR count). The first kappa shape index (κ1) is 14.3. The molecule has 0 aromatic carbocycles. The van der Waals surface area contributed by atoms with Crippen molar-refractivity contribution in [3.63, 3.8) is 0 Å². The summed E-state index contributed by atoms with van der Waals surface area (Å²) in [6, 6.07) is 2.75. The van der Waals surface area contributed by atoms with Crippen LogP contribution in [0, 0.1) is 12.8 Å². The molecule has 0 radical (unpaired) electrons. The fourth-order valence-electron chi connectivity index (χ4n) is 2.26. The molecule has 1 heterocycles. The molecular formula is C15H26N4. The van der Waals surface area contributed by atoms with Gasteiger partial charge in [-0.3, -0.25) is 4.90 Å². The largest absolute Gasteiger partial charge is 0.373 e. The number of aryl methyl sites for hydroxylation is 1. The van der Waals surface area contributed by atoms with Crippen LogP contribution >= 0.6 is 0 Å². The highest BCUT2D eigenvalue weighted by molar-refractivity contribution is 5.34.